The van der Waals surface area contributed by atoms with Crippen LogP contribution in [-0.4, -0.2) is 34.8 Å². The molecule has 5 heteroatoms. The van der Waals surface area contributed by atoms with Crippen LogP contribution in [0.1, 0.15) is 29.8 Å². The molecule has 2 rings (SSSR count). The largest absolute Gasteiger partial charge is 0.338 e. The van der Waals surface area contributed by atoms with Gasteiger partial charge in [0.1, 0.15) is 5.70 Å². The molecular weight excluding hydrogens is 302 g/mol. The van der Waals surface area contributed by atoms with Gasteiger partial charge in [-0.15, -0.1) is 0 Å². The molecule has 124 valence electrons. The Kier molecular flexibility index (Phi) is 6.25. The maximum atomic E-state index is 12.7. The Morgan fingerprint density at radius 2 is 1.67 bits per heavy atom. The molecule has 1 heterocycles. The second kappa shape index (κ2) is 8.62. The molecule has 24 heavy (non-hydrogen) atoms. The zero-order chi connectivity index (χ0) is 17.4. The lowest BCUT2D eigenvalue weighted by molar-refractivity contribution is -0.127. The minimum atomic E-state index is -0.309. The molecule has 0 radical (unpaired) electrons. The summed E-state index contributed by atoms with van der Waals surface area (Å²) in [5.74, 6) is -0.516. The van der Waals surface area contributed by atoms with Gasteiger partial charge in [-0.25, -0.2) is 0 Å². The molecule has 1 aromatic heterocycles. The molecule has 1 N–H and O–H groups in total. The summed E-state index contributed by atoms with van der Waals surface area (Å²) in [5, 5.41) is 2.74. The van der Waals surface area contributed by atoms with E-state index in [0.29, 0.717) is 18.7 Å². The summed E-state index contributed by atoms with van der Waals surface area (Å²) in [6.07, 6.45) is 4.96. The van der Waals surface area contributed by atoms with Gasteiger partial charge in [0, 0.05) is 31.0 Å². The van der Waals surface area contributed by atoms with Gasteiger partial charge in [-0.3, -0.25) is 14.6 Å². The van der Waals surface area contributed by atoms with Gasteiger partial charge in [-0.2, -0.15) is 0 Å². The Morgan fingerprint density at radius 1 is 1.04 bits per heavy atom. The van der Waals surface area contributed by atoms with E-state index < -0.39 is 0 Å². The van der Waals surface area contributed by atoms with Crippen molar-refractivity contribution >= 4 is 17.9 Å². The normalized spacial score (nSPS) is 11.0. The first-order valence-corrected chi connectivity index (χ1v) is 7.93. The predicted molar refractivity (Wildman–Crippen MR) is 94.1 cm³/mol. The molecule has 2 aromatic rings. The number of nitrogens with one attached hydrogen (secondary N) is 1. The fraction of sp³-hybridized carbons (Fsp3) is 0.211. The van der Waals surface area contributed by atoms with Crippen molar-refractivity contribution < 1.29 is 9.59 Å². The van der Waals surface area contributed by atoms with E-state index in [1.54, 1.807) is 59.8 Å². The quantitative estimate of drug-likeness (QED) is 0.832. The van der Waals surface area contributed by atoms with Gasteiger partial charge in [0.05, 0.1) is 0 Å². The van der Waals surface area contributed by atoms with E-state index >= 15 is 0 Å². The van der Waals surface area contributed by atoms with E-state index in [2.05, 4.69) is 10.3 Å². The maximum Gasteiger partial charge on any atom is 0.270 e. The van der Waals surface area contributed by atoms with Crippen LogP contribution in [0.15, 0.2) is 60.6 Å². The molecular formula is C19H21N3O2. The van der Waals surface area contributed by atoms with E-state index in [-0.39, 0.29) is 17.5 Å². The molecule has 0 aliphatic rings. The van der Waals surface area contributed by atoms with Crippen molar-refractivity contribution in [2.24, 2.45) is 0 Å². The Bertz CT molecular complexity index is 708. The molecule has 0 bridgehead atoms. The molecule has 0 atom stereocenters. The highest BCUT2D eigenvalue weighted by Crippen LogP contribution is 2.09. The van der Waals surface area contributed by atoms with Crippen molar-refractivity contribution in [3.05, 3.63) is 71.7 Å². The maximum absolute atomic E-state index is 12.7. The standard InChI is InChI=1S/C19H21N3O2/c1-3-22(4-2)19(24)17(14-15-10-12-20-13-11-15)21-18(23)16-8-6-5-7-9-16/h5-14H,3-4H2,1-2H3,(H,21,23)/b17-14-. The molecule has 1 aromatic carbocycles. The summed E-state index contributed by atoms with van der Waals surface area (Å²) in [7, 11) is 0. The Labute approximate surface area is 142 Å². The first-order chi connectivity index (χ1) is 11.7. The highest BCUT2D eigenvalue weighted by molar-refractivity contribution is 6.05. The molecule has 5 nitrogen and oxygen atoms in total. The number of carbonyl (C=O) groups is 2. The van der Waals surface area contributed by atoms with Crippen molar-refractivity contribution in [2.45, 2.75) is 13.8 Å². The molecule has 0 fully saturated rings. The smallest absolute Gasteiger partial charge is 0.270 e. The second-order valence-corrected chi connectivity index (χ2v) is 5.14. The average molecular weight is 323 g/mol. The van der Waals surface area contributed by atoms with Gasteiger partial charge in [0.15, 0.2) is 0 Å². The number of hydrogen-bond donors (Lipinski definition) is 1. The van der Waals surface area contributed by atoms with Crippen molar-refractivity contribution in [3.8, 4) is 0 Å². The third-order valence-electron chi connectivity index (χ3n) is 3.58. The Morgan fingerprint density at radius 3 is 2.25 bits per heavy atom. The van der Waals surface area contributed by atoms with Crippen LogP contribution < -0.4 is 5.32 Å². The lowest BCUT2D eigenvalue weighted by atomic mass is 10.1. The molecule has 0 saturated carbocycles. The molecule has 0 saturated heterocycles. The molecule has 0 aliphatic carbocycles. The van der Waals surface area contributed by atoms with Crippen LogP contribution in [0.25, 0.3) is 6.08 Å². The Hall–Kier alpha value is -2.95. The molecule has 2 amide bonds. The van der Waals surface area contributed by atoms with E-state index in [0.717, 1.165) is 5.56 Å². The SMILES string of the molecule is CCN(CC)C(=O)/C(=C/c1ccncc1)NC(=O)c1ccccc1. The number of likely N-dealkylation sites (N-methyl/N-ethyl adjacent to an activating group) is 1. The number of aromatic nitrogens is 1. The van der Waals surface area contributed by atoms with Crippen LogP contribution in [-0.2, 0) is 4.79 Å². The van der Waals surface area contributed by atoms with Crippen molar-refractivity contribution in [3.63, 3.8) is 0 Å². The minimum Gasteiger partial charge on any atom is -0.338 e. The zero-order valence-corrected chi connectivity index (χ0v) is 13.9. The van der Waals surface area contributed by atoms with Crippen LogP contribution in [0.2, 0.25) is 0 Å². The van der Waals surface area contributed by atoms with Crippen LogP contribution >= 0.6 is 0 Å². The van der Waals surface area contributed by atoms with Crippen molar-refractivity contribution in [1.82, 2.24) is 15.2 Å². The summed E-state index contributed by atoms with van der Waals surface area (Å²) in [6.45, 7) is 4.96. The number of benzene rings is 1. The average Bonchev–Trinajstić information content (AvgIpc) is 2.63. The first kappa shape index (κ1) is 17.4. The van der Waals surface area contributed by atoms with E-state index in [4.69, 9.17) is 0 Å². The van der Waals surface area contributed by atoms with Gasteiger partial charge in [-0.05, 0) is 49.8 Å². The number of hydrogen-bond acceptors (Lipinski definition) is 3. The summed E-state index contributed by atoms with van der Waals surface area (Å²) in [5.41, 5.74) is 1.55. The number of amides is 2. The van der Waals surface area contributed by atoms with Gasteiger partial charge in [0.2, 0.25) is 0 Å². The summed E-state index contributed by atoms with van der Waals surface area (Å²) >= 11 is 0. The minimum absolute atomic E-state index is 0.207. The van der Waals surface area contributed by atoms with Crippen LogP contribution in [0, 0.1) is 0 Å². The van der Waals surface area contributed by atoms with Gasteiger partial charge in [-0.1, -0.05) is 18.2 Å². The van der Waals surface area contributed by atoms with Crippen LogP contribution in [0.3, 0.4) is 0 Å². The summed E-state index contributed by atoms with van der Waals surface area (Å²) in [4.78, 5) is 30.7. The number of pyridine rings is 1. The molecule has 0 spiro atoms. The second-order valence-electron chi connectivity index (χ2n) is 5.14. The van der Waals surface area contributed by atoms with Crippen molar-refractivity contribution in [1.29, 1.82) is 0 Å². The van der Waals surface area contributed by atoms with Crippen LogP contribution in [0.5, 0.6) is 0 Å². The third kappa shape index (κ3) is 4.52. The van der Waals surface area contributed by atoms with Crippen molar-refractivity contribution in [2.75, 3.05) is 13.1 Å². The van der Waals surface area contributed by atoms with Gasteiger partial charge in [0.25, 0.3) is 11.8 Å². The van der Waals surface area contributed by atoms with E-state index in [1.807, 2.05) is 19.9 Å². The summed E-state index contributed by atoms with van der Waals surface area (Å²) in [6, 6.07) is 12.4. The van der Waals surface area contributed by atoms with Gasteiger partial charge >= 0.3 is 0 Å². The van der Waals surface area contributed by atoms with E-state index in [1.165, 1.54) is 0 Å². The lowest BCUT2D eigenvalue weighted by Crippen LogP contribution is -2.38. The molecule has 0 aliphatic heterocycles. The fourth-order valence-corrected chi connectivity index (χ4v) is 2.24. The van der Waals surface area contributed by atoms with Crippen LogP contribution in [0.4, 0.5) is 0 Å². The zero-order valence-electron chi connectivity index (χ0n) is 13.9. The number of nitrogens with zero attached hydrogens (tertiary/aromatic N) is 2. The third-order valence-corrected chi connectivity index (χ3v) is 3.58. The highest BCUT2D eigenvalue weighted by atomic mass is 16.2. The van der Waals surface area contributed by atoms with E-state index in [9.17, 15) is 9.59 Å². The predicted octanol–water partition coefficient (Wildman–Crippen LogP) is 2.72. The molecule has 0 unspecified atom stereocenters. The lowest BCUT2D eigenvalue weighted by Gasteiger charge is -2.21. The fourth-order valence-electron chi connectivity index (χ4n) is 2.24. The summed E-state index contributed by atoms with van der Waals surface area (Å²) < 4.78 is 0. The van der Waals surface area contributed by atoms with Gasteiger partial charge < -0.3 is 10.2 Å². The Balaban J connectivity index is 2.31. The number of rotatable bonds is 6. The monoisotopic (exact) mass is 323 g/mol. The first-order valence-electron chi connectivity index (χ1n) is 7.93. The highest BCUT2D eigenvalue weighted by Gasteiger charge is 2.18. The number of carbonyl (C=O) groups excluding carboxylic acids is 2. The topological polar surface area (TPSA) is 62.3 Å².